The molecule has 1 aliphatic heterocycles. The van der Waals surface area contributed by atoms with Gasteiger partial charge in [-0.2, -0.15) is 0 Å². The fraction of sp³-hybridized carbons (Fsp3) is 0.484. The summed E-state index contributed by atoms with van der Waals surface area (Å²) in [6.07, 6.45) is 2.88. The molecule has 230 valence electrons. The molecule has 6 rings (SSSR count). The molecular formula is C31H34Cl2N2O7S. The van der Waals surface area contributed by atoms with E-state index in [-0.39, 0.29) is 18.3 Å². The van der Waals surface area contributed by atoms with Crippen molar-refractivity contribution in [3.63, 3.8) is 0 Å². The van der Waals surface area contributed by atoms with E-state index in [2.05, 4.69) is 10.1 Å². The highest BCUT2D eigenvalue weighted by molar-refractivity contribution is 7.92. The molecule has 0 radical (unpaired) electrons. The maximum absolute atomic E-state index is 12.6. The highest BCUT2D eigenvalue weighted by Crippen LogP contribution is 2.47. The third-order valence-electron chi connectivity index (χ3n) is 8.73. The van der Waals surface area contributed by atoms with Crippen molar-refractivity contribution in [1.82, 2.24) is 5.16 Å². The van der Waals surface area contributed by atoms with Crippen molar-refractivity contribution in [3.8, 4) is 11.3 Å². The van der Waals surface area contributed by atoms with Gasteiger partial charge in [0.1, 0.15) is 17.2 Å². The molecule has 0 amide bonds. The van der Waals surface area contributed by atoms with Gasteiger partial charge < -0.3 is 24.4 Å². The second-order valence-electron chi connectivity index (χ2n) is 11.8. The van der Waals surface area contributed by atoms with E-state index in [1.54, 1.807) is 30.3 Å². The minimum atomic E-state index is -3.69. The number of carbonyl (C=O) groups excluding carboxylic acids is 1. The summed E-state index contributed by atoms with van der Waals surface area (Å²) < 4.78 is 36.9. The Morgan fingerprint density at radius 1 is 1.12 bits per heavy atom. The minimum Gasteiger partial charge on any atom is -0.394 e. The molecule has 1 unspecified atom stereocenters. The number of hydrogen-bond acceptors (Lipinski definition) is 9. The molecule has 2 saturated carbocycles. The molecule has 1 saturated heterocycles. The number of aliphatic hydroxyl groups excluding tert-OH is 2. The van der Waals surface area contributed by atoms with Gasteiger partial charge in [0, 0.05) is 46.8 Å². The lowest BCUT2D eigenvalue weighted by Crippen LogP contribution is -2.38. The number of halogens is 2. The van der Waals surface area contributed by atoms with Crippen molar-refractivity contribution in [2.45, 2.75) is 62.9 Å². The third kappa shape index (κ3) is 6.65. The first-order valence-corrected chi connectivity index (χ1v) is 17.1. The number of sulfone groups is 1. The summed E-state index contributed by atoms with van der Waals surface area (Å²) in [6, 6.07) is 12.8. The number of Topliss-reactive ketones (excluding diaryl/α,β-unsaturated/α-hetero) is 1. The number of anilines is 1. The molecule has 4 atom stereocenters. The van der Waals surface area contributed by atoms with Gasteiger partial charge in [-0.25, -0.2) is 8.42 Å². The molecule has 12 heteroatoms. The zero-order valence-corrected chi connectivity index (χ0v) is 25.8. The lowest BCUT2D eigenvalue weighted by atomic mass is 10.0. The van der Waals surface area contributed by atoms with Crippen LogP contribution >= 0.6 is 23.2 Å². The van der Waals surface area contributed by atoms with Gasteiger partial charge in [-0.1, -0.05) is 34.4 Å². The van der Waals surface area contributed by atoms with Gasteiger partial charge in [0.25, 0.3) is 0 Å². The van der Waals surface area contributed by atoms with E-state index >= 15 is 0 Å². The first-order chi connectivity index (χ1) is 20.6. The molecule has 1 aromatic heterocycles. The van der Waals surface area contributed by atoms with Crippen LogP contribution in [0.2, 0.25) is 10.0 Å². The lowest BCUT2D eigenvalue weighted by molar-refractivity contribution is 0.0122. The summed E-state index contributed by atoms with van der Waals surface area (Å²) in [5, 5.41) is 23.7. The monoisotopic (exact) mass is 648 g/mol. The Labute approximate surface area is 260 Å². The maximum Gasteiger partial charge on any atom is 0.177 e. The van der Waals surface area contributed by atoms with Crippen LogP contribution in [0.4, 0.5) is 5.69 Å². The van der Waals surface area contributed by atoms with Crippen molar-refractivity contribution in [1.29, 1.82) is 0 Å². The Kier molecular flexibility index (Phi) is 8.88. The summed E-state index contributed by atoms with van der Waals surface area (Å²) in [5.41, 5.74) is 3.55. The molecule has 2 bridgehead atoms. The van der Waals surface area contributed by atoms with Gasteiger partial charge >= 0.3 is 0 Å². The van der Waals surface area contributed by atoms with Crippen molar-refractivity contribution in [2.75, 3.05) is 29.6 Å². The number of rotatable bonds is 13. The Hall–Kier alpha value is -2.47. The summed E-state index contributed by atoms with van der Waals surface area (Å²) in [5.74, 6) is 0.0937. The van der Waals surface area contributed by atoms with E-state index in [9.17, 15) is 18.3 Å². The number of piperidine rings is 1. The van der Waals surface area contributed by atoms with Crippen molar-refractivity contribution in [2.24, 2.45) is 5.92 Å². The topological polar surface area (TPSA) is 130 Å². The Balaban J connectivity index is 1.07. The number of ether oxygens (including phenoxy) is 1. The molecule has 3 fully saturated rings. The molecule has 43 heavy (non-hydrogen) atoms. The molecular weight excluding hydrogens is 615 g/mol. The second kappa shape index (κ2) is 12.5. The number of benzene rings is 2. The van der Waals surface area contributed by atoms with E-state index in [0.29, 0.717) is 51.4 Å². The number of aliphatic hydroxyl groups is 2. The van der Waals surface area contributed by atoms with E-state index in [1.807, 2.05) is 12.1 Å². The molecule has 0 spiro atoms. The van der Waals surface area contributed by atoms with Crippen LogP contribution < -0.4 is 4.90 Å². The van der Waals surface area contributed by atoms with Crippen LogP contribution in [0.5, 0.6) is 0 Å². The standard InChI is InChI=1S/C31H34Cl2N2O7S/c32-25-2-1-3-26(33)29(25)30-24(31(42-34-30)19-4-5-19)16-41-28-13-22-12-20(28)14-35(22)21-8-6-18(7-9-21)27(38)17-43(39,40)11-10-23(37)15-36/h1-3,6-9,19-20,22-23,28,36-37H,4-5,10-17H2/t20-,22-,23?,28+/m0/s1. The summed E-state index contributed by atoms with van der Waals surface area (Å²) in [7, 11) is -3.69. The molecule has 2 aromatic carbocycles. The van der Waals surface area contributed by atoms with Gasteiger partial charge in [-0.05, 0) is 68.5 Å². The van der Waals surface area contributed by atoms with Crippen molar-refractivity contribution < 1.29 is 32.7 Å². The third-order valence-corrected chi connectivity index (χ3v) is 10.9. The van der Waals surface area contributed by atoms with Crippen LogP contribution in [0, 0.1) is 5.92 Å². The zero-order chi connectivity index (χ0) is 30.3. The Morgan fingerprint density at radius 3 is 2.47 bits per heavy atom. The fourth-order valence-electron chi connectivity index (χ4n) is 6.27. The minimum absolute atomic E-state index is 0.0909. The predicted molar refractivity (Wildman–Crippen MR) is 164 cm³/mol. The smallest absolute Gasteiger partial charge is 0.177 e. The quantitative estimate of drug-likeness (QED) is 0.244. The van der Waals surface area contributed by atoms with Crippen molar-refractivity contribution >= 4 is 44.5 Å². The Morgan fingerprint density at radius 2 is 1.84 bits per heavy atom. The van der Waals surface area contributed by atoms with Crippen molar-refractivity contribution in [3.05, 3.63) is 69.4 Å². The van der Waals surface area contributed by atoms with Gasteiger partial charge in [0.15, 0.2) is 15.6 Å². The van der Waals surface area contributed by atoms with Gasteiger partial charge in [0.05, 0.1) is 41.2 Å². The first kappa shape index (κ1) is 30.6. The second-order valence-corrected chi connectivity index (χ2v) is 14.8. The lowest BCUT2D eigenvalue weighted by Gasteiger charge is -2.33. The number of aromatic nitrogens is 1. The highest BCUT2D eigenvalue weighted by atomic mass is 35.5. The van der Waals surface area contributed by atoms with Crippen LogP contribution in [-0.2, 0) is 21.2 Å². The van der Waals surface area contributed by atoms with Gasteiger partial charge in [0.2, 0.25) is 0 Å². The SMILES string of the molecule is O=C(CS(=O)(=O)CCC(O)CO)c1ccc(N2C[C@@H]3C[C@H]2C[C@H]3OCc2c(-c3c(Cl)cccc3Cl)noc2C2CC2)cc1. The average Bonchev–Trinajstić information content (AvgIpc) is 3.44. The van der Waals surface area contributed by atoms with E-state index in [4.69, 9.17) is 37.6 Å². The van der Waals surface area contributed by atoms with E-state index < -0.39 is 34.1 Å². The average molecular weight is 650 g/mol. The number of carbonyl (C=O) groups is 1. The molecule has 9 nitrogen and oxygen atoms in total. The number of hydrogen-bond donors (Lipinski definition) is 2. The molecule has 2 heterocycles. The molecule has 3 aliphatic rings. The van der Waals surface area contributed by atoms with Crippen LogP contribution in [0.15, 0.2) is 47.0 Å². The first-order valence-electron chi connectivity index (χ1n) is 14.6. The van der Waals surface area contributed by atoms with Gasteiger partial charge in [-0.3, -0.25) is 4.79 Å². The van der Waals surface area contributed by atoms with Crippen LogP contribution in [-0.4, -0.2) is 72.5 Å². The summed E-state index contributed by atoms with van der Waals surface area (Å²) in [4.78, 5) is 15.0. The zero-order valence-electron chi connectivity index (χ0n) is 23.5. The summed E-state index contributed by atoms with van der Waals surface area (Å²) in [6.45, 7) is 0.685. The van der Waals surface area contributed by atoms with E-state index in [0.717, 1.165) is 49.2 Å². The number of nitrogens with zero attached hydrogens (tertiary/aromatic N) is 2. The maximum atomic E-state index is 12.6. The van der Waals surface area contributed by atoms with Crippen LogP contribution in [0.25, 0.3) is 11.3 Å². The van der Waals surface area contributed by atoms with Crippen LogP contribution in [0.3, 0.4) is 0 Å². The predicted octanol–water partition coefficient (Wildman–Crippen LogP) is 5.05. The molecule has 3 aromatic rings. The molecule has 2 N–H and O–H groups in total. The largest absolute Gasteiger partial charge is 0.394 e. The molecule has 2 aliphatic carbocycles. The van der Waals surface area contributed by atoms with Gasteiger partial charge in [-0.15, -0.1) is 0 Å². The normalized spacial score (nSPS) is 22.3. The summed E-state index contributed by atoms with van der Waals surface area (Å²) >= 11 is 13.0. The van der Waals surface area contributed by atoms with E-state index in [1.165, 1.54) is 0 Å². The highest BCUT2D eigenvalue weighted by Gasteiger charge is 2.45. The number of ketones is 1. The Bertz CT molecular complexity index is 1570. The fourth-order valence-corrected chi connectivity index (χ4v) is 8.18. The number of fused-ring (bicyclic) bond motifs is 2. The van der Waals surface area contributed by atoms with Crippen LogP contribution in [0.1, 0.15) is 59.7 Å².